The van der Waals surface area contributed by atoms with Crippen molar-refractivity contribution < 1.29 is 9.18 Å². The van der Waals surface area contributed by atoms with Crippen LogP contribution in [-0.2, 0) is 0 Å². The zero-order valence-corrected chi connectivity index (χ0v) is 16.5. The first-order valence-corrected chi connectivity index (χ1v) is 9.73. The van der Waals surface area contributed by atoms with E-state index in [0.717, 1.165) is 19.6 Å². The summed E-state index contributed by atoms with van der Waals surface area (Å²) in [5.41, 5.74) is 2.06. The van der Waals surface area contributed by atoms with E-state index in [0.29, 0.717) is 41.6 Å². The molecule has 0 radical (unpaired) electrons. The summed E-state index contributed by atoms with van der Waals surface area (Å²) in [6.07, 6.45) is 3.12. The van der Waals surface area contributed by atoms with E-state index in [9.17, 15) is 9.18 Å². The molecular weight excluding hydrogens is 371 g/mol. The summed E-state index contributed by atoms with van der Waals surface area (Å²) >= 11 is 0. The van der Waals surface area contributed by atoms with Crippen molar-refractivity contribution in [3.8, 4) is 17.2 Å². The molecule has 0 saturated carbocycles. The standard InChI is InChI=1S/C21H23FN6O/c1-3-26-10-12-27(13-11-26)20(29)17-14-24-28(15(17)2)21-23-9-8-19(25-21)16-6-4-5-7-18(16)22/h4-9,14H,3,10-13H2,1-2H3. The highest BCUT2D eigenvalue weighted by Crippen LogP contribution is 2.21. The van der Waals surface area contributed by atoms with E-state index in [4.69, 9.17) is 0 Å². The van der Waals surface area contributed by atoms with Gasteiger partial charge in [0.2, 0.25) is 0 Å². The number of carbonyl (C=O) groups excluding carboxylic acids is 1. The number of aromatic nitrogens is 4. The van der Waals surface area contributed by atoms with Gasteiger partial charge in [-0.25, -0.2) is 19.0 Å². The van der Waals surface area contributed by atoms with Crippen LogP contribution < -0.4 is 0 Å². The Morgan fingerprint density at radius 3 is 2.62 bits per heavy atom. The summed E-state index contributed by atoms with van der Waals surface area (Å²) in [7, 11) is 0. The van der Waals surface area contributed by atoms with Gasteiger partial charge < -0.3 is 9.80 Å². The fourth-order valence-electron chi connectivity index (χ4n) is 3.53. The molecule has 0 spiro atoms. The van der Waals surface area contributed by atoms with Gasteiger partial charge in [-0.15, -0.1) is 0 Å². The molecule has 29 heavy (non-hydrogen) atoms. The second kappa shape index (κ2) is 8.08. The van der Waals surface area contributed by atoms with Crippen LogP contribution in [-0.4, -0.2) is 68.2 Å². The molecule has 2 aromatic heterocycles. The maximum atomic E-state index is 14.1. The van der Waals surface area contributed by atoms with Crippen LogP contribution in [0.1, 0.15) is 23.0 Å². The lowest BCUT2D eigenvalue weighted by molar-refractivity contribution is 0.0642. The second-order valence-electron chi connectivity index (χ2n) is 7.00. The highest BCUT2D eigenvalue weighted by molar-refractivity contribution is 5.95. The van der Waals surface area contributed by atoms with Gasteiger partial charge in [-0.2, -0.15) is 5.10 Å². The minimum atomic E-state index is -0.351. The van der Waals surface area contributed by atoms with Gasteiger partial charge >= 0.3 is 0 Å². The lowest BCUT2D eigenvalue weighted by Crippen LogP contribution is -2.48. The van der Waals surface area contributed by atoms with Crippen molar-refractivity contribution in [3.63, 3.8) is 0 Å². The zero-order chi connectivity index (χ0) is 20.4. The number of carbonyl (C=O) groups is 1. The van der Waals surface area contributed by atoms with Crippen LogP contribution in [0.2, 0.25) is 0 Å². The number of hydrogen-bond donors (Lipinski definition) is 0. The molecule has 3 heterocycles. The Kier molecular flexibility index (Phi) is 5.35. The predicted octanol–water partition coefficient (Wildman–Crippen LogP) is 2.55. The zero-order valence-electron chi connectivity index (χ0n) is 16.5. The Balaban J connectivity index is 1.60. The molecule has 1 aliphatic rings. The average Bonchev–Trinajstić information content (AvgIpc) is 3.15. The summed E-state index contributed by atoms with van der Waals surface area (Å²) < 4.78 is 15.6. The molecule has 1 amide bonds. The average molecular weight is 394 g/mol. The van der Waals surface area contributed by atoms with Crippen molar-refractivity contribution in [1.82, 2.24) is 29.5 Å². The van der Waals surface area contributed by atoms with Crippen molar-refractivity contribution >= 4 is 5.91 Å². The third kappa shape index (κ3) is 3.75. The Labute approximate surface area is 168 Å². The number of piperazine rings is 1. The Morgan fingerprint density at radius 2 is 1.90 bits per heavy atom. The minimum Gasteiger partial charge on any atom is -0.336 e. The van der Waals surface area contributed by atoms with E-state index < -0.39 is 0 Å². The summed E-state index contributed by atoms with van der Waals surface area (Å²) in [5.74, 6) is -0.0794. The van der Waals surface area contributed by atoms with Crippen molar-refractivity contribution in [2.75, 3.05) is 32.7 Å². The van der Waals surface area contributed by atoms with E-state index in [1.807, 2.05) is 11.8 Å². The van der Waals surface area contributed by atoms with Gasteiger partial charge in [-0.05, 0) is 31.7 Å². The normalized spacial score (nSPS) is 14.9. The molecule has 150 valence electrons. The molecule has 4 rings (SSSR count). The first-order chi connectivity index (χ1) is 14.1. The third-order valence-electron chi connectivity index (χ3n) is 5.33. The molecule has 0 bridgehead atoms. The Morgan fingerprint density at radius 1 is 1.14 bits per heavy atom. The van der Waals surface area contributed by atoms with Crippen molar-refractivity contribution in [2.45, 2.75) is 13.8 Å². The highest BCUT2D eigenvalue weighted by atomic mass is 19.1. The number of rotatable bonds is 4. The van der Waals surface area contributed by atoms with Crippen LogP contribution in [0.4, 0.5) is 4.39 Å². The lowest BCUT2D eigenvalue weighted by atomic mass is 10.1. The maximum absolute atomic E-state index is 14.1. The molecule has 1 fully saturated rings. The van der Waals surface area contributed by atoms with Crippen LogP contribution in [0.15, 0.2) is 42.7 Å². The van der Waals surface area contributed by atoms with Gasteiger partial charge in [-0.1, -0.05) is 19.1 Å². The van der Waals surface area contributed by atoms with Crippen LogP contribution in [0, 0.1) is 12.7 Å². The number of hydrogen-bond acceptors (Lipinski definition) is 5. The molecule has 0 atom stereocenters. The number of benzene rings is 1. The second-order valence-corrected chi connectivity index (χ2v) is 7.00. The van der Waals surface area contributed by atoms with Crippen molar-refractivity contribution in [3.05, 3.63) is 59.8 Å². The Bertz CT molecular complexity index is 1030. The minimum absolute atomic E-state index is 0.0326. The SMILES string of the molecule is CCN1CCN(C(=O)c2cnn(-c3nccc(-c4ccccc4F)n3)c2C)CC1. The van der Waals surface area contributed by atoms with Crippen molar-refractivity contribution in [1.29, 1.82) is 0 Å². The molecule has 1 aliphatic heterocycles. The van der Waals surface area contributed by atoms with Crippen LogP contribution >= 0.6 is 0 Å². The highest BCUT2D eigenvalue weighted by Gasteiger charge is 2.25. The van der Waals surface area contributed by atoms with Gasteiger partial charge in [0.1, 0.15) is 5.82 Å². The number of likely N-dealkylation sites (N-methyl/N-ethyl adjacent to an activating group) is 1. The van der Waals surface area contributed by atoms with E-state index in [2.05, 4.69) is 26.9 Å². The fourth-order valence-corrected chi connectivity index (χ4v) is 3.53. The lowest BCUT2D eigenvalue weighted by Gasteiger charge is -2.33. The molecular formula is C21H23FN6O. The number of amides is 1. The molecule has 0 unspecified atom stereocenters. The molecule has 8 heteroatoms. The summed E-state index contributed by atoms with van der Waals surface area (Å²) in [6.45, 7) is 8.11. The molecule has 0 aliphatic carbocycles. The summed E-state index contributed by atoms with van der Waals surface area (Å²) in [5, 5.41) is 4.33. The van der Waals surface area contributed by atoms with Crippen LogP contribution in [0.5, 0.6) is 0 Å². The van der Waals surface area contributed by atoms with Crippen molar-refractivity contribution in [2.24, 2.45) is 0 Å². The molecule has 1 saturated heterocycles. The molecule has 1 aromatic carbocycles. The van der Waals surface area contributed by atoms with Gasteiger partial charge in [0, 0.05) is 37.9 Å². The topological polar surface area (TPSA) is 67.2 Å². The first kappa shape index (κ1) is 19.2. The monoisotopic (exact) mass is 394 g/mol. The quantitative estimate of drug-likeness (QED) is 0.680. The van der Waals surface area contributed by atoms with E-state index in [1.54, 1.807) is 36.7 Å². The molecule has 7 nitrogen and oxygen atoms in total. The van der Waals surface area contributed by atoms with Gasteiger partial charge in [-0.3, -0.25) is 4.79 Å². The van der Waals surface area contributed by atoms with Gasteiger partial charge in [0.25, 0.3) is 11.9 Å². The first-order valence-electron chi connectivity index (χ1n) is 9.73. The van der Waals surface area contributed by atoms with Gasteiger partial charge in [0.15, 0.2) is 0 Å². The smallest absolute Gasteiger partial charge is 0.257 e. The fraction of sp³-hybridized carbons (Fsp3) is 0.333. The molecule has 3 aromatic rings. The number of nitrogens with zero attached hydrogens (tertiary/aromatic N) is 6. The summed E-state index contributed by atoms with van der Waals surface area (Å²) in [6, 6.07) is 8.11. The van der Waals surface area contributed by atoms with E-state index in [-0.39, 0.29) is 11.7 Å². The van der Waals surface area contributed by atoms with E-state index >= 15 is 0 Å². The van der Waals surface area contributed by atoms with Crippen LogP contribution in [0.25, 0.3) is 17.2 Å². The largest absolute Gasteiger partial charge is 0.336 e. The maximum Gasteiger partial charge on any atom is 0.257 e. The molecule has 0 N–H and O–H groups in total. The number of halogens is 1. The summed E-state index contributed by atoms with van der Waals surface area (Å²) in [4.78, 5) is 25.9. The van der Waals surface area contributed by atoms with Gasteiger partial charge in [0.05, 0.1) is 23.1 Å². The third-order valence-corrected chi connectivity index (χ3v) is 5.33. The predicted molar refractivity (Wildman–Crippen MR) is 107 cm³/mol. The van der Waals surface area contributed by atoms with Crippen LogP contribution in [0.3, 0.4) is 0 Å². The van der Waals surface area contributed by atoms with E-state index in [1.165, 1.54) is 10.7 Å². The Hall–Kier alpha value is -3.13.